The minimum Gasteiger partial charge on any atom is -0.336 e. The third-order valence-corrected chi connectivity index (χ3v) is 4.68. The van der Waals surface area contributed by atoms with E-state index in [9.17, 15) is 9.59 Å². The van der Waals surface area contributed by atoms with Crippen LogP contribution >= 0.6 is 11.3 Å². The number of anilines is 1. The quantitative estimate of drug-likeness (QED) is 0.909. The number of nitrogens with one attached hydrogen (secondary N) is 2. The Balaban J connectivity index is 2.02. The summed E-state index contributed by atoms with van der Waals surface area (Å²) < 4.78 is 0. The number of hydrogen-bond donors (Lipinski definition) is 2. The Morgan fingerprint density at radius 3 is 2.52 bits per heavy atom. The molecule has 120 valence electrons. The van der Waals surface area contributed by atoms with Gasteiger partial charge in [0.15, 0.2) is 0 Å². The van der Waals surface area contributed by atoms with E-state index in [0.717, 1.165) is 24.2 Å². The summed E-state index contributed by atoms with van der Waals surface area (Å²) in [4.78, 5) is 26.3. The largest absolute Gasteiger partial charge is 0.336 e. The second-order valence-corrected chi connectivity index (χ2v) is 6.32. The van der Waals surface area contributed by atoms with E-state index in [4.69, 9.17) is 0 Å². The van der Waals surface area contributed by atoms with Gasteiger partial charge in [0, 0.05) is 44.0 Å². The lowest BCUT2D eigenvalue weighted by molar-refractivity contribution is -0.114. The predicted molar refractivity (Wildman–Crippen MR) is 92.8 cm³/mol. The van der Waals surface area contributed by atoms with Crippen LogP contribution in [-0.4, -0.2) is 42.9 Å². The minimum atomic E-state index is -0.166. The number of benzene rings is 1. The first-order valence-electron chi connectivity index (χ1n) is 7.61. The Kier molecular flexibility index (Phi) is 4.73. The van der Waals surface area contributed by atoms with E-state index in [-0.39, 0.29) is 11.8 Å². The number of nitrogens with zero attached hydrogens (tertiary/aromatic N) is 1. The second kappa shape index (κ2) is 6.93. The SMILES string of the molecule is CC(=O)Nc1scc(-c2ccccc2)c1C(=O)N1CCNCC1. The smallest absolute Gasteiger partial charge is 0.257 e. The fourth-order valence-electron chi connectivity index (χ4n) is 2.68. The van der Waals surface area contributed by atoms with Gasteiger partial charge in [-0.15, -0.1) is 11.3 Å². The number of hydrogen-bond acceptors (Lipinski definition) is 4. The molecule has 1 aliphatic heterocycles. The molecule has 0 aliphatic carbocycles. The van der Waals surface area contributed by atoms with Crippen molar-refractivity contribution in [1.29, 1.82) is 0 Å². The van der Waals surface area contributed by atoms with Crippen LogP contribution in [0.3, 0.4) is 0 Å². The molecule has 0 bridgehead atoms. The maximum absolute atomic E-state index is 13.0. The summed E-state index contributed by atoms with van der Waals surface area (Å²) >= 11 is 1.40. The Morgan fingerprint density at radius 1 is 1.17 bits per heavy atom. The maximum atomic E-state index is 13.0. The van der Waals surface area contributed by atoms with Crippen molar-refractivity contribution >= 4 is 28.2 Å². The summed E-state index contributed by atoms with van der Waals surface area (Å²) in [6.45, 7) is 4.42. The van der Waals surface area contributed by atoms with Crippen LogP contribution in [0, 0.1) is 0 Å². The van der Waals surface area contributed by atoms with Gasteiger partial charge in [-0.25, -0.2) is 0 Å². The van der Waals surface area contributed by atoms with Crippen LogP contribution in [0.4, 0.5) is 5.00 Å². The van der Waals surface area contributed by atoms with Crippen LogP contribution in [0.5, 0.6) is 0 Å². The fraction of sp³-hybridized carbons (Fsp3) is 0.294. The van der Waals surface area contributed by atoms with Gasteiger partial charge < -0.3 is 15.5 Å². The van der Waals surface area contributed by atoms with Gasteiger partial charge in [-0.2, -0.15) is 0 Å². The van der Waals surface area contributed by atoms with E-state index >= 15 is 0 Å². The zero-order valence-corrected chi connectivity index (χ0v) is 13.8. The van der Waals surface area contributed by atoms with E-state index in [0.29, 0.717) is 23.7 Å². The highest BCUT2D eigenvalue weighted by molar-refractivity contribution is 7.15. The number of carbonyl (C=O) groups is 2. The average Bonchev–Trinajstić information content (AvgIpc) is 2.98. The molecule has 1 aromatic heterocycles. The second-order valence-electron chi connectivity index (χ2n) is 5.44. The standard InChI is InChI=1S/C17H19N3O2S/c1-12(21)19-16-15(17(22)20-9-7-18-8-10-20)14(11-23-16)13-5-3-2-4-6-13/h2-6,11,18H,7-10H2,1H3,(H,19,21). The zero-order chi connectivity index (χ0) is 16.2. The summed E-state index contributed by atoms with van der Waals surface area (Å²) in [6, 6.07) is 9.80. The first-order chi connectivity index (χ1) is 11.2. The van der Waals surface area contributed by atoms with Crippen LogP contribution in [0.15, 0.2) is 35.7 Å². The predicted octanol–water partition coefficient (Wildman–Crippen LogP) is 2.42. The number of piperazine rings is 1. The molecule has 1 saturated heterocycles. The highest BCUT2D eigenvalue weighted by atomic mass is 32.1. The molecule has 23 heavy (non-hydrogen) atoms. The molecule has 1 aromatic carbocycles. The Labute approximate surface area is 139 Å². The molecule has 1 aliphatic rings. The normalized spacial score (nSPS) is 14.6. The summed E-state index contributed by atoms with van der Waals surface area (Å²) in [5.41, 5.74) is 2.46. The summed E-state index contributed by atoms with van der Waals surface area (Å²) in [7, 11) is 0. The van der Waals surface area contributed by atoms with E-state index in [1.165, 1.54) is 18.3 Å². The number of carbonyl (C=O) groups excluding carboxylic acids is 2. The van der Waals surface area contributed by atoms with Crippen molar-refractivity contribution in [3.05, 3.63) is 41.3 Å². The monoisotopic (exact) mass is 329 g/mol. The molecule has 5 nitrogen and oxygen atoms in total. The first-order valence-corrected chi connectivity index (χ1v) is 8.49. The molecule has 1 fully saturated rings. The molecule has 0 atom stereocenters. The summed E-state index contributed by atoms with van der Waals surface area (Å²) in [5, 5.41) is 8.61. The molecular formula is C17H19N3O2S. The number of thiophene rings is 1. The molecular weight excluding hydrogens is 310 g/mol. The highest BCUT2D eigenvalue weighted by Gasteiger charge is 2.26. The molecule has 2 heterocycles. The van der Waals surface area contributed by atoms with E-state index in [2.05, 4.69) is 10.6 Å². The lowest BCUT2D eigenvalue weighted by Gasteiger charge is -2.28. The topological polar surface area (TPSA) is 61.4 Å². The van der Waals surface area contributed by atoms with Gasteiger partial charge in [0.25, 0.3) is 5.91 Å². The summed E-state index contributed by atoms with van der Waals surface area (Å²) in [6.07, 6.45) is 0. The Bertz CT molecular complexity index is 706. The first kappa shape index (κ1) is 15.7. The molecule has 2 aromatic rings. The molecule has 2 amide bonds. The van der Waals surface area contributed by atoms with Gasteiger partial charge in [-0.05, 0) is 5.56 Å². The van der Waals surface area contributed by atoms with Crippen LogP contribution in [0.2, 0.25) is 0 Å². The molecule has 0 radical (unpaired) electrons. The van der Waals surface area contributed by atoms with Gasteiger partial charge in [0.1, 0.15) is 5.00 Å². The zero-order valence-electron chi connectivity index (χ0n) is 13.0. The van der Waals surface area contributed by atoms with Gasteiger partial charge in [-0.1, -0.05) is 30.3 Å². The highest BCUT2D eigenvalue weighted by Crippen LogP contribution is 2.36. The van der Waals surface area contributed by atoms with Crippen LogP contribution in [0.1, 0.15) is 17.3 Å². The van der Waals surface area contributed by atoms with Gasteiger partial charge in [-0.3, -0.25) is 9.59 Å². The molecule has 0 saturated carbocycles. The van der Waals surface area contributed by atoms with Crippen molar-refractivity contribution in [3.63, 3.8) is 0 Å². The van der Waals surface area contributed by atoms with Gasteiger partial charge in [0.05, 0.1) is 5.56 Å². The van der Waals surface area contributed by atoms with Crippen LogP contribution < -0.4 is 10.6 Å². The molecule has 2 N–H and O–H groups in total. The third kappa shape index (κ3) is 3.43. The van der Waals surface area contributed by atoms with Crippen LogP contribution in [-0.2, 0) is 4.79 Å². The van der Waals surface area contributed by atoms with Crippen molar-refractivity contribution < 1.29 is 9.59 Å². The average molecular weight is 329 g/mol. The molecule has 6 heteroatoms. The number of rotatable bonds is 3. The van der Waals surface area contributed by atoms with Crippen LogP contribution in [0.25, 0.3) is 11.1 Å². The Morgan fingerprint density at radius 2 is 1.87 bits per heavy atom. The van der Waals surface area contributed by atoms with Gasteiger partial charge in [0.2, 0.25) is 5.91 Å². The van der Waals surface area contributed by atoms with Crippen molar-refractivity contribution in [3.8, 4) is 11.1 Å². The lowest BCUT2D eigenvalue weighted by atomic mass is 10.0. The molecule has 0 unspecified atom stereocenters. The Hall–Kier alpha value is -2.18. The van der Waals surface area contributed by atoms with E-state index in [1.54, 1.807) is 0 Å². The van der Waals surface area contributed by atoms with E-state index < -0.39 is 0 Å². The van der Waals surface area contributed by atoms with E-state index in [1.807, 2.05) is 40.6 Å². The van der Waals surface area contributed by atoms with Crippen molar-refractivity contribution in [2.24, 2.45) is 0 Å². The lowest BCUT2D eigenvalue weighted by Crippen LogP contribution is -2.46. The van der Waals surface area contributed by atoms with Crippen molar-refractivity contribution in [1.82, 2.24) is 10.2 Å². The third-order valence-electron chi connectivity index (χ3n) is 3.78. The maximum Gasteiger partial charge on any atom is 0.257 e. The van der Waals surface area contributed by atoms with Crippen molar-refractivity contribution in [2.45, 2.75) is 6.92 Å². The van der Waals surface area contributed by atoms with Gasteiger partial charge >= 0.3 is 0 Å². The fourth-order valence-corrected chi connectivity index (χ4v) is 3.69. The molecule has 3 rings (SSSR count). The van der Waals surface area contributed by atoms with Crippen molar-refractivity contribution in [2.75, 3.05) is 31.5 Å². The summed E-state index contributed by atoms with van der Waals surface area (Å²) in [5.74, 6) is -0.184. The minimum absolute atomic E-state index is 0.0182. The number of amides is 2. The molecule has 0 spiro atoms.